The van der Waals surface area contributed by atoms with Crippen molar-refractivity contribution in [2.75, 3.05) is 26.2 Å². The average Bonchev–Trinajstić information content (AvgIpc) is 3.45. The van der Waals surface area contributed by atoms with E-state index in [1.165, 1.54) is 61.4 Å². The van der Waals surface area contributed by atoms with Crippen molar-refractivity contribution in [1.82, 2.24) is 20.0 Å². The van der Waals surface area contributed by atoms with Gasteiger partial charge in [-0.1, -0.05) is 36.4 Å². The predicted octanol–water partition coefficient (Wildman–Crippen LogP) is 4.24. The van der Waals surface area contributed by atoms with E-state index >= 15 is 0 Å². The SMILES string of the molecule is c1ccc(Cn2cc(CN3CCC4(CCNCC4)C3)c(-c3cccs3)n2)cc1. The van der Waals surface area contributed by atoms with Crippen LogP contribution in [-0.4, -0.2) is 40.9 Å². The molecule has 2 fully saturated rings. The number of nitrogens with zero attached hydrogens (tertiary/aromatic N) is 3. The van der Waals surface area contributed by atoms with E-state index in [9.17, 15) is 0 Å². The number of hydrogen-bond acceptors (Lipinski definition) is 4. The molecule has 146 valence electrons. The maximum Gasteiger partial charge on any atom is 0.107 e. The van der Waals surface area contributed by atoms with Crippen molar-refractivity contribution in [2.45, 2.75) is 32.4 Å². The zero-order valence-electron chi connectivity index (χ0n) is 16.3. The molecule has 5 rings (SSSR count). The molecule has 2 saturated heterocycles. The number of nitrogens with one attached hydrogen (secondary N) is 1. The number of hydrogen-bond donors (Lipinski definition) is 1. The first-order valence-electron chi connectivity index (χ1n) is 10.4. The Balaban J connectivity index is 1.37. The second-order valence-corrected chi connectivity index (χ2v) is 9.32. The third-order valence-corrected chi connectivity index (χ3v) is 7.23. The second kappa shape index (κ2) is 7.82. The highest BCUT2D eigenvalue weighted by molar-refractivity contribution is 7.13. The highest BCUT2D eigenvalue weighted by Crippen LogP contribution is 2.39. The van der Waals surface area contributed by atoms with Gasteiger partial charge in [-0.05, 0) is 61.3 Å². The summed E-state index contributed by atoms with van der Waals surface area (Å²) in [5, 5.41) is 10.7. The molecule has 0 radical (unpaired) electrons. The van der Waals surface area contributed by atoms with Gasteiger partial charge in [0.25, 0.3) is 0 Å². The lowest BCUT2D eigenvalue weighted by Crippen LogP contribution is -2.38. The summed E-state index contributed by atoms with van der Waals surface area (Å²) in [6.07, 6.45) is 6.28. The molecule has 5 heteroatoms. The van der Waals surface area contributed by atoms with E-state index in [1.807, 2.05) is 0 Å². The zero-order chi connectivity index (χ0) is 18.8. The van der Waals surface area contributed by atoms with Crippen LogP contribution in [0.15, 0.2) is 54.0 Å². The fraction of sp³-hybridized carbons (Fsp3) is 0.435. The summed E-state index contributed by atoms with van der Waals surface area (Å²) in [6, 6.07) is 14.9. The van der Waals surface area contributed by atoms with E-state index in [4.69, 9.17) is 5.10 Å². The molecule has 3 aromatic rings. The van der Waals surface area contributed by atoms with Gasteiger partial charge in [0.15, 0.2) is 0 Å². The van der Waals surface area contributed by atoms with Crippen LogP contribution in [0.4, 0.5) is 0 Å². The molecule has 0 saturated carbocycles. The van der Waals surface area contributed by atoms with Crippen LogP contribution >= 0.6 is 11.3 Å². The first-order chi connectivity index (χ1) is 13.8. The average molecular weight is 393 g/mol. The van der Waals surface area contributed by atoms with Crippen molar-refractivity contribution in [3.05, 3.63) is 65.2 Å². The van der Waals surface area contributed by atoms with Gasteiger partial charge in [0.2, 0.25) is 0 Å². The molecule has 0 unspecified atom stereocenters. The Kier molecular flexibility index (Phi) is 5.05. The van der Waals surface area contributed by atoms with Crippen LogP contribution in [-0.2, 0) is 13.1 Å². The molecule has 0 aliphatic carbocycles. The fourth-order valence-corrected chi connectivity index (χ4v) is 5.56. The van der Waals surface area contributed by atoms with E-state index in [1.54, 1.807) is 11.3 Å². The van der Waals surface area contributed by atoms with Gasteiger partial charge in [0.1, 0.15) is 5.69 Å². The molecular weight excluding hydrogens is 364 g/mol. The summed E-state index contributed by atoms with van der Waals surface area (Å²) in [5.41, 5.74) is 4.37. The summed E-state index contributed by atoms with van der Waals surface area (Å²) in [7, 11) is 0. The van der Waals surface area contributed by atoms with Gasteiger partial charge in [-0.15, -0.1) is 11.3 Å². The van der Waals surface area contributed by atoms with Gasteiger partial charge in [0.05, 0.1) is 11.4 Å². The molecule has 0 bridgehead atoms. The highest BCUT2D eigenvalue weighted by Gasteiger charge is 2.38. The normalized spacial score (nSPS) is 19.4. The van der Waals surface area contributed by atoms with Crippen molar-refractivity contribution >= 4 is 11.3 Å². The zero-order valence-corrected chi connectivity index (χ0v) is 17.1. The van der Waals surface area contributed by atoms with Crippen LogP contribution in [0.2, 0.25) is 0 Å². The number of piperidine rings is 1. The molecule has 4 heterocycles. The molecule has 0 atom stereocenters. The smallest absolute Gasteiger partial charge is 0.107 e. The monoisotopic (exact) mass is 392 g/mol. The number of benzene rings is 1. The van der Waals surface area contributed by atoms with Crippen LogP contribution in [0.5, 0.6) is 0 Å². The van der Waals surface area contributed by atoms with E-state index < -0.39 is 0 Å². The van der Waals surface area contributed by atoms with Crippen LogP contribution in [0.3, 0.4) is 0 Å². The summed E-state index contributed by atoms with van der Waals surface area (Å²) in [5.74, 6) is 0. The first-order valence-corrected chi connectivity index (χ1v) is 11.2. The van der Waals surface area contributed by atoms with Crippen molar-refractivity contribution in [2.24, 2.45) is 5.41 Å². The van der Waals surface area contributed by atoms with Gasteiger partial charge in [-0.25, -0.2) is 0 Å². The third kappa shape index (κ3) is 3.79. The molecule has 2 aliphatic rings. The van der Waals surface area contributed by atoms with Crippen molar-refractivity contribution < 1.29 is 0 Å². The second-order valence-electron chi connectivity index (χ2n) is 8.37. The molecule has 0 amide bonds. The number of thiophene rings is 1. The Bertz CT molecular complexity index is 894. The quantitative estimate of drug-likeness (QED) is 0.705. The van der Waals surface area contributed by atoms with Gasteiger partial charge >= 0.3 is 0 Å². The molecular formula is C23H28N4S. The maximum atomic E-state index is 4.98. The van der Waals surface area contributed by atoms with Crippen LogP contribution < -0.4 is 5.32 Å². The molecule has 2 aromatic heterocycles. The summed E-state index contributed by atoms with van der Waals surface area (Å²) in [4.78, 5) is 3.93. The Morgan fingerprint density at radius 3 is 2.64 bits per heavy atom. The Morgan fingerprint density at radius 2 is 1.86 bits per heavy atom. The Labute approximate surface area is 171 Å². The van der Waals surface area contributed by atoms with Crippen molar-refractivity contribution in [3.8, 4) is 10.6 Å². The summed E-state index contributed by atoms with van der Waals surface area (Å²) < 4.78 is 2.12. The van der Waals surface area contributed by atoms with E-state index in [-0.39, 0.29) is 0 Å². The third-order valence-electron chi connectivity index (χ3n) is 6.35. The number of aromatic nitrogens is 2. The van der Waals surface area contributed by atoms with Crippen LogP contribution in [0.1, 0.15) is 30.4 Å². The van der Waals surface area contributed by atoms with Gasteiger partial charge in [0, 0.05) is 24.8 Å². The predicted molar refractivity (Wildman–Crippen MR) is 116 cm³/mol. The number of rotatable bonds is 5. The van der Waals surface area contributed by atoms with Gasteiger partial charge < -0.3 is 5.32 Å². The van der Waals surface area contributed by atoms with Crippen molar-refractivity contribution in [3.63, 3.8) is 0 Å². The molecule has 1 spiro atoms. The van der Waals surface area contributed by atoms with E-state index in [2.05, 4.69) is 68.9 Å². The van der Waals surface area contributed by atoms with Crippen LogP contribution in [0.25, 0.3) is 10.6 Å². The molecule has 1 aromatic carbocycles. The molecule has 28 heavy (non-hydrogen) atoms. The highest BCUT2D eigenvalue weighted by atomic mass is 32.1. The minimum atomic E-state index is 0.550. The summed E-state index contributed by atoms with van der Waals surface area (Å²) >= 11 is 1.79. The topological polar surface area (TPSA) is 33.1 Å². The van der Waals surface area contributed by atoms with Crippen molar-refractivity contribution in [1.29, 1.82) is 0 Å². The van der Waals surface area contributed by atoms with Crippen LogP contribution in [0, 0.1) is 5.41 Å². The lowest BCUT2D eigenvalue weighted by molar-refractivity contribution is 0.194. The van der Waals surface area contributed by atoms with E-state index in [0.29, 0.717) is 5.41 Å². The fourth-order valence-electron chi connectivity index (χ4n) is 4.82. The Hall–Kier alpha value is -1.95. The molecule has 2 aliphatic heterocycles. The lowest BCUT2D eigenvalue weighted by Gasteiger charge is -2.33. The lowest BCUT2D eigenvalue weighted by atomic mass is 9.78. The van der Waals surface area contributed by atoms with Gasteiger partial charge in [-0.3, -0.25) is 9.58 Å². The minimum absolute atomic E-state index is 0.550. The first kappa shape index (κ1) is 18.1. The number of likely N-dealkylation sites (tertiary alicyclic amines) is 1. The van der Waals surface area contributed by atoms with E-state index in [0.717, 1.165) is 18.8 Å². The maximum absolute atomic E-state index is 4.98. The molecule has 1 N–H and O–H groups in total. The Morgan fingerprint density at radius 1 is 1.00 bits per heavy atom. The minimum Gasteiger partial charge on any atom is -0.317 e. The summed E-state index contributed by atoms with van der Waals surface area (Å²) in [6.45, 7) is 6.66. The van der Waals surface area contributed by atoms with Gasteiger partial charge in [-0.2, -0.15) is 5.10 Å². The molecule has 4 nitrogen and oxygen atoms in total. The standard InChI is InChI=1S/C23H28N4S/c1-2-5-19(6-3-1)15-27-17-20(22(25-27)21-7-4-14-28-21)16-26-13-10-23(18-26)8-11-24-12-9-23/h1-7,14,17,24H,8-13,15-16,18H2. The largest absolute Gasteiger partial charge is 0.317 e.